The third-order valence-electron chi connectivity index (χ3n) is 2.62. The van der Waals surface area contributed by atoms with Gasteiger partial charge in [-0.2, -0.15) is 8.42 Å². The Morgan fingerprint density at radius 2 is 1.57 bits per heavy atom. The Hall–Kier alpha value is -1.24. The molecule has 2 rings (SSSR count). The summed E-state index contributed by atoms with van der Waals surface area (Å²) >= 11 is 0. The average molecular weight is 312 g/mol. The quantitative estimate of drug-likeness (QED) is 0.533. The molecule has 0 aliphatic rings. The van der Waals surface area contributed by atoms with Crippen molar-refractivity contribution < 1.29 is 17.8 Å². The van der Waals surface area contributed by atoms with Crippen LogP contribution < -0.4 is 0 Å². The van der Waals surface area contributed by atoms with Gasteiger partial charge in [-0.3, -0.25) is 9.35 Å². The number of hydrogen-bond acceptors (Lipinski definition) is 3. The summed E-state index contributed by atoms with van der Waals surface area (Å²) in [5.41, 5.74) is 1.53. The summed E-state index contributed by atoms with van der Waals surface area (Å²) in [6.45, 7) is 0. The van der Waals surface area contributed by atoms with Crippen LogP contribution in [-0.2, 0) is 10.1 Å². The fraction of sp³-hybridized carbons (Fsp3) is 0. The molecule has 4 nitrogen and oxygen atoms in total. The van der Waals surface area contributed by atoms with Gasteiger partial charge >= 0.3 is 29.6 Å². The van der Waals surface area contributed by atoms with Gasteiger partial charge in [0.1, 0.15) is 0 Å². The molecule has 0 saturated heterocycles. The summed E-state index contributed by atoms with van der Waals surface area (Å²) in [5.74, 6) is -0.146. The predicted octanol–water partition coefficient (Wildman–Crippen LogP) is 2.13. The maximum atomic E-state index is 12.2. The van der Waals surface area contributed by atoms with Crippen molar-refractivity contribution in [3.8, 4) is 0 Å². The Labute approximate surface area is 145 Å². The molecule has 0 aliphatic carbocycles. The van der Waals surface area contributed by atoms with Gasteiger partial charge < -0.3 is 0 Å². The van der Waals surface area contributed by atoms with E-state index in [1.165, 1.54) is 6.08 Å². The van der Waals surface area contributed by atoms with Gasteiger partial charge in [-0.25, -0.2) is 0 Å². The summed E-state index contributed by atoms with van der Waals surface area (Å²) in [5, 5.41) is 0.680. The molecule has 0 amide bonds. The average Bonchev–Trinajstić information content (AvgIpc) is 2.45. The van der Waals surface area contributed by atoms with Crippen molar-refractivity contribution in [2.45, 2.75) is 0 Å². The summed E-state index contributed by atoms with van der Waals surface area (Å²) in [4.78, 5) is 12.2. The van der Waals surface area contributed by atoms with Crippen LogP contribution in [0.3, 0.4) is 0 Å². The van der Waals surface area contributed by atoms with E-state index in [0.717, 1.165) is 0 Å². The second-order valence-electron chi connectivity index (χ2n) is 4.14. The van der Waals surface area contributed by atoms with E-state index >= 15 is 0 Å². The van der Waals surface area contributed by atoms with Crippen molar-refractivity contribution in [2.75, 3.05) is 0 Å². The van der Waals surface area contributed by atoms with Crippen molar-refractivity contribution in [1.29, 1.82) is 0 Å². The second kappa shape index (κ2) is 7.68. The molecule has 0 unspecified atom stereocenters. The Morgan fingerprint density at radius 3 is 2.19 bits per heavy atom. The van der Waals surface area contributed by atoms with E-state index in [1.54, 1.807) is 48.5 Å². The Morgan fingerprint density at radius 1 is 0.952 bits per heavy atom. The number of hydrogen-bond donors (Lipinski definition) is 1. The molecular weight excluding hydrogens is 299 g/mol. The van der Waals surface area contributed by atoms with Crippen molar-refractivity contribution in [1.82, 2.24) is 0 Å². The molecule has 104 valence electrons. The van der Waals surface area contributed by atoms with Gasteiger partial charge in [0.25, 0.3) is 10.1 Å². The summed E-state index contributed by atoms with van der Waals surface area (Å²) in [6.07, 6.45) is 1.23. The molecule has 2 aromatic carbocycles. The van der Waals surface area contributed by atoms with E-state index in [9.17, 15) is 13.2 Å². The number of rotatable bonds is 4. The van der Waals surface area contributed by atoms with E-state index in [4.69, 9.17) is 4.55 Å². The first-order valence-electron chi connectivity index (χ1n) is 5.81. The van der Waals surface area contributed by atoms with Gasteiger partial charge in [0.15, 0.2) is 5.78 Å². The Bertz CT molecular complexity index is 752. The molecular formula is C15H13NaO4S. The first-order valence-corrected chi connectivity index (χ1v) is 7.31. The molecule has 0 aromatic heterocycles. The van der Waals surface area contributed by atoms with Gasteiger partial charge in [0.2, 0.25) is 0 Å². The van der Waals surface area contributed by atoms with E-state index in [-0.39, 0.29) is 35.3 Å². The molecule has 0 aliphatic heterocycles. The van der Waals surface area contributed by atoms with Crippen LogP contribution >= 0.6 is 0 Å². The number of benzene rings is 2. The van der Waals surface area contributed by atoms with Crippen LogP contribution in [0.2, 0.25) is 0 Å². The van der Waals surface area contributed by atoms with E-state index in [0.29, 0.717) is 22.1 Å². The van der Waals surface area contributed by atoms with Gasteiger partial charge in [0.05, 0.1) is 5.41 Å². The molecule has 0 atom stereocenters. The molecule has 21 heavy (non-hydrogen) atoms. The third-order valence-corrected chi connectivity index (χ3v) is 3.10. The number of ketones is 1. The third kappa shape index (κ3) is 5.57. The first-order chi connectivity index (χ1) is 9.46. The van der Waals surface area contributed by atoms with Crippen LogP contribution in [0.4, 0.5) is 0 Å². The van der Waals surface area contributed by atoms with Crippen LogP contribution in [0.15, 0.2) is 60.0 Å². The molecule has 0 fully saturated rings. The maximum absolute atomic E-state index is 12.2. The summed E-state index contributed by atoms with van der Waals surface area (Å²) < 4.78 is 29.9. The molecule has 0 saturated carbocycles. The number of carbonyl (C=O) groups excluding carboxylic acids is 1. The Balaban J connectivity index is 0.00000220. The molecule has 1 N–H and O–H groups in total. The zero-order valence-electron chi connectivity index (χ0n) is 10.4. The van der Waals surface area contributed by atoms with Gasteiger partial charge in [-0.05, 0) is 17.7 Å². The van der Waals surface area contributed by atoms with Gasteiger partial charge in [0, 0.05) is 11.1 Å². The SMILES string of the molecule is O=C(c1ccccc1)c1cccc(C=CS(=O)(=O)O)c1.[NaH]. The van der Waals surface area contributed by atoms with Crippen molar-refractivity contribution >= 4 is 51.5 Å². The van der Waals surface area contributed by atoms with Gasteiger partial charge in [-0.15, -0.1) is 0 Å². The van der Waals surface area contributed by atoms with E-state index < -0.39 is 10.1 Å². The van der Waals surface area contributed by atoms with E-state index in [1.807, 2.05) is 6.07 Å². The zero-order valence-corrected chi connectivity index (χ0v) is 11.2. The normalized spacial score (nSPS) is 11.1. The second-order valence-corrected chi connectivity index (χ2v) is 5.44. The zero-order chi connectivity index (χ0) is 14.6. The molecule has 2 aromatic rings. The first kappa shape index (κ1) is 17.8. The topological polar surface area (TPSA) is 71.4 Å². The molecule has 0 radical (unpaired) electrons. The van der Waals surface area contributed by atoms with Crippen LogP contribution in [0.25, 0.3) is 6.08 Å². The summed E-state index contributed by atoms with van der Waals surface area (Å²) in [7, 11) is -4.17. The monoisotopic (exact) mass is 312 g/mol. The molecule has 0 bridgehead atoms. The van der Waals surface area contributed by atoms with Crippen molar-refractivity contribution in [3.63, 3.8) is 0 Å². The Kier molecular flexibility index (Phi) is 6.51. The van der Waals surface area contributed by atoms with Crippen LogP contribution in [0, 0.1) is 0 Å². The number of carbonyl (C=O) groups is 1. The fourth-order valence-electron chi connectivity index (χ4n) is 1.70. The molecule has 6 heteroatoms. The van der Waals surface area contributed by atoms with Crippen LogP contribution in [-0.4, -0.2) is 48.3 Å². The van der Waals surface area contributed by atoms with Crippen molar-refractivity contribution in [2.24, 2.45) is 0 Å². The molecule has 0 heterocycles. The minimum absolute atomic E-state index is 0. The predicted molar refractivity (Wildman–Crippen MR) is 84.0 cm³/mol. The minimum atomic E-state index is -4.17. The van der Waals surface area contributed by atoms with Crippen LogP contribution in [0.5, 0.6) is 0 Å². The standard InChI is InChI=1S/C15H12O4S.Na.H/c16-15(13-6-2-1-3-7-13)14-8-4-5-12(11-14)9-10-20(17,18)19;;/h1-11H,(H,17,18,19);;. The molecule has 0 spiro atoms. The van der Waals surface area contributed by atoms with Gasteiger partial charge in [-0.1, -0.05) is 48.5 Å². The van der Waals surface area contributed by atoms with Crippen LogP contribution in [0.1, 0.15) is 21.5 Å². The fourth-order valence-corrected chi connectivity index (χ4v) is 2.03. The summed E-state index contributed by atoms with van der Waals surface area (Å²) in [6, 6.07) is 15.3. The van der Waals surface area contributed by atoms with E-state index in [2.05, 4.69) is 0 Å². The van der Waals surface area contributed by atoms with Crippen molar-refractivity contribution in [3.05, 3.63) is 76.7 Å².